The largest absolute Gasteiger partial charge is 0.506 e. The van der Waals surface area contributed by atoms with E-state index in [0.717, 1.165) is 5.39 Å². The number of benzene rings is 1. The molecule has 2 aromatic rings. The van der Waals surface area contributed by atoms with Gasteiger partial charge in [-0.25, -0.2) is 9.97 Å². The van der Waals surface area contributed by atoms with E-state index in [1.165, 1.54) is 0 Å². The molecule has 0 saturated carbocycles. The first-order valence-electron chi connectivity index (χ1n) is 4.39. The lowest BCUT2D eigenvalue weighted by atomic mass is 10.2. The molecule has 0 fully saturated rings. The van der Waals surface area contributed by atoms with Gasteiger partial charge in [0.1, 0.15) is 11.3 Å². The summed E-state index contributed by atoms with van der Waals surface area (Å²) in [6.45, 7) is 1.74. The van der Waals surface area contributed by atoms with Crippen LogP contribution in [0.4, 0.5) is 5.95 Å². The topological polar surface area (TPSA) is 58.0 Å². The summed E-state index contributed by atoms with van der Waals surface area (Å²) in [5, 5.41) is 13.2. The Balaban J connectivity index is 2.54. The summed E-state index contributed by atoms with van der Waals surface area (Å²) in [6.07, 6.45) is 1.64. The Morgan fingerprint density at radius 2 is 2.27 bits per heavy atom. The molecule has 0 spiro atoms. The van der Waals surface area contributed by atoms with Gasteiger partial charge in [-0.2, -0.15) is 0 Å². The van der Waals surface area contributed by atoms with Crippen molar-refractivity contribution in [2.45, 2.75) is 6.92 Å². The number of nitrogens with zero attached hydrogens (tertiary/aromatic N) is 2. The Morgan fingerprint density at radius 3 is 3.00 bits per heavy atom. The number of hydrogen-bond acceptors (Lipinski definition) is 4. The summed E-state index contributed by atoms with van der Waals surface area (Å²) in [4.78, 5) is 8.81. The second-order valence-electron chi connectivity index (χ2n) is 3.09. The Morgan fingerprint density at radius 1 is 1.47 bits per heavy atom. The zero-order chi connectivity index (χ0) is 10.8. The van der Waals surface area contributed by atoms with Crippen molar-refractivity contribution in [3.8, 4) is 5.75 Å². The van der Waals surface area contributed by atoms with Gasteiger partial charge in [0, 0.05) is 11.6 Å². The van der Waals surface area contributed by atoms with Crippen molar-refractivity contribution in [3.63, 3.8) is 0 Å². The molecule has 0 amide bonds. The number of aromatic nitrogens is 2. The summed E-state index contributed by atoms with van der Waals surface area (Å²) in [7, 11) is 0. The lowest BCUT2D eigenvalue weighted by Crippen LogP contribution is -2.06. The summed E-state index contributed by atoms with van der Waals surface area (Å²) < 4.78 is 0. The molecule has 5 heteroatoms. The maximum atomic E-state index is 9.58. The number of rotatable bonds is 1. The van der Waals surface area contributed by atoms with Crippen LogP contribution < -0.4 is 5.32 Å². The number of fused-ring (bicyclic) bond motifs is 1. The van der Waals surface area contributed by atoms with Crippen molar-refractivity contribution in [1.29, 1.82) is 0 Å². The minimum absolute atomic E-state index is 0.139. The minimum Gasteiger partial charge on any atom is -0.506 e. The maximum absolute atomic E-state index is 9.58. The van der Waals surface area contributed by atoms with Crippen molar-refractivity contribution < 1.29 is 5.11 Å². The fourth-order valence-corrected chi connectivity index (χ4v) is 1.35. The SMILES string of the molecule is CC(=S)Nc1ncc2cccc(O)c2n1. The molecule has 2 rings (SSSR count). The van der Waals surface area contributed by atoms with Crippen LogP contribution in [0.2, 0.25) is 0 Å². The van der Waals surface area contributed by atoms with Crippen LogP contribution >= 0.6 is 12.2 Å². The van der Waals surface area contributed by atoms with Gasteiger partial charge in [0.2, 0.25) is 5.95 Å². The summed E-state index contributed by atoms with van der Waals surface area (Å²) in [6, 6.07) is 5.17. The van der Waals surface area contributed by atoms with Crippen LogP contribution in [0.3, 0.4) is 0 Å². The number of phenols is 1. The number of phenolic OH excluding ortho intramolecular Hbond substituents is 1. The van der Waals surface area contributed by atoms with Gasteiger partial charge in [-0.05, 0) is 13.0 Å². The average Bonchev–Trinajstić information content (AvgIpc) is 2.18. The van der Waals surface area contributed by atoms with E-state index in [0.29, 0.717) is 16.5 Å². The zero-order valence-corrected chi connectivity index (χ0v) is 8.88. The highest BCUT2D eigenvalue weighted by Crippen LogP contribution is 2.22. The van der Waals surface area contributed by atoms with Crippen LogP contribution in [0.15, 0.2) is 24.4 Å². The lowest BCUT2D eigenvalue weighted by molar-refractivity contribution is 0.480. The molecule has 0 aliphatic heterocycles. The maximum Gasteiger partial charge on any atom is 0.228 e. The van der Waals surface area contributed by atoms with Gasteiger partial charge in [0.05, 0.1) is 4.99 Å². The zero-order valence-electron chi connectivity index (χ0n) is 8.06. The molecule has 0 radical (unpaired) electrons. The van der Waals surface area contributed by atoms with Crippen LogP contribution in [0.25, 0.3) is 10.9 Å². The highest BCUT2D eigenvalue weighted by atomic mass is 32.1. The number of anilines is 1. The molecule has 1 aromatic carbocycles. The monoisotopic (exact) mass is 219 g/mol. The Hall–Kier alpha value is -1.75. The Bertz CT molecular complexity index is 527. The molecule has 1 aromatic heterocycles. The summed E-state index contributed by atoms with van der Waals surface area (Å²) in [5.41, 5.74) is 0.520. The third kappa shape index (κ3) is 2.02. The molecule has 0 atom stereocenters. The van der Waals surface area contributed by atoms with Crippen molar-refractivity contribution in [1.82, 2.24) is 9.97 Å². The van der Waals surface area contributed by atoms with Gasteiger partial charge >= 0.3 is 0 Å². The molecular formula is C10H9N3OS. The summed E-state index contributed by atoms with van der Waals surface area (Å²) in [5.74, 6) is 0.538. The number of hydrogen-bond donors (Lipinski definition) is 2. The molecular weight excluding hydrogens is 210 g/mol. The first-order chi connectivity index (χ1) is 7.16. The molecule has 0 unspecified atom stereocenters. The molecule has 0 aliphatic rings. The molecule has 4 nitrogen and oxygen atoms in total. The van der Waals surface area contributed by atoms with E-state index in [9.17, 15) is 5.11 Å². The molecule has 2 N–H and O–H groups in total. The average molecular weight is 219 g/mol. The molecule has 0 aliphatic carbocycles. The third-order valence-corrected chi connectivity index (χ3v) is 1.98. The fourth-order valence-electron chi connectivity index (χ4n) is 1.26. The Labute approximate surface area is 92.0 Å². The highest BCUT2D eigenvalue weighted by Gasteiger charge is 2.03. The Kier molecular flexibility index (Phi) is 2.47. The molecule has 0 saturated heterocycles. The van der Waals surface area contributed by atoms with Gasteiger partial charge < -0.3 is 10.4 Å². The third-order valence-electron chi connectivity index (χ3n) is 1.88. The van der Waals surface area contributed by atoms with Crippen LogP contribution in [0.5, 0.6) is 5.75 Å². The molecule has 0 bridgehead atoms. The van der Waals surface area contributed by atoms with E-state index in [4.69, 9.17) is 12.2 Å². The van der Waals surface area contributed by atoms with E-state index in [-0.39, 0.29) is 5.75 Å². The van der Waals surface area contributed by atoms with Crippen molar-refractivity contribution in [2.24, 2.45) is 0 Å². The van der Waals surface area contributed by atoms with Crippen molar-refractivity contribution in [2.75, 3.05) is 5.32 Å². The highest BCUT2D eigenvalue weighted by molar-refractivity contribution is 7.80. The van der Waals surface area contributed by atoms with Crippen LogP contribution in [-0.2, 0) is 0 Å². The standard InChI is InChI=1S/C10H9N3OS/c1-6(15)12-10-11-5-7-3-2-4-8(14)9(7)13-10/h2-5,14H,1H3,(H,11,12,13,15). The van der Waals surface area contributed by atoms with Gasteiger partial charge in [0.15, 0.2) is 0 Å². The van der Waals surface area contributed by atoms with Crippen molar-refractivity contribution in [3.05, 3.63) is 24.4 Å². The number of aromatic hydroxyl groups is 1. The van der Waals surface area contributed by atoms with E-state index < -0.39 is 0 Å². The first kappa shape index (κ1) is 9.79. The molecule has 15 heavy (non-hydrogen) atoms. The number of nitrogens with one attached hydrogen (secondary N) is 1. The van der Waals surface area contributed by atoms with Crippen LogP contribution in [-0.4, -0.2) is 20.1 Å². The summed E-state index contributed by atoms with van der Waals surface area (Å²) >= 11 is 4.88. The van der Waals surface area contributed by atoms with E-state index in [1.807, 2.05) is 6.07 Å². The quantitative estimate of drug-likeness (QED) is 0.719. The van der Waals surface area contributed by atoms with Crippen molar-refractivity contribution >= 4 is 34.1 Å². The van der Waals surface area contributed by atoms with Gasteiger partial charge in [-0.3, -0.25) is 0 Å². The predicted molar refractivity (Wildman–Crippen MR) is 63.1 cm³/mol. The fraction of sp³-hybridized carbons (Fsp3) is 0.100. The van der Waals surface area contributed by atoms with Gasteiger partial charge in [0.25, 0.3) is 0 Å². The number of para-hydroxylation sites is 1. The minimum atomic E-state index is 0.139. The normalized spacial score (nSPS) is 10.2. The van der Waals surface area contributed by atoms with Gasteiger partial charge in [-0.15, -0.1) is 0 Å². The van der Waals surface area contributed by atoms with E-state index in [1.54, 1.807) is 25.3 Å². The van der Waals surface area contributed by atoms with Crippen LogP contribution in [0.1, 0.15) is 6.92 Å². The second kappa shape index (κ2) is 3.78. The number of thiocarbonyl (C=S) groups is 1. The molecule has 76 valence electrons. The first-order valence-corrected chi connectivity index (χ1v) is 4.80. The van der Waals surface area contributed by atoms with E-state index >= 15 is 0 Å². The molecule has 1 heterocycles. The van der Waals surface area contributed by atoms with Gasteiger partial charge in [-0.1, -0.05) is 24.4 Å². The van der Waals surface area contributed by atoms with Crippen LogP contribution in [0, 0.1) is 0 Å². The van der Waals surface area contributed by atoms with E-state index in [2.05, 4.69) is 15.3 Å². The predicted octanol–water partition coefficient (Wildman–Crippen LogP) is 2.09. The lowest BCUT2D eigenvalue weighted by Gasteiger charge is -2.04. The smallest absolute Gasteiger partial charge is 0.228 e. The second-order valence-corrected chi connectivity index (χ2v) is 3.70.